The van der Waals surface area contributed by atoms with Gasteiger partial charge in [-0.05, 0) is 52.2 Å². The van der Waals surface area contributed by atoms with Crippen molar-refractivity contribution in [3.8, 4) is 0 Å². The van der Waals surface area contributed by atoms with Crippen molar-refractivity contribution >= 4 is 23.2 Å². The van der Waals surface area contributed by atoms with Crippen LogP contribution >= 0.6 is 0 Å². The molecule has 3 rings (SSSR count). The number of aromatic amines is 1. The number of nitrogens with zero attached hydrogens (tertiary/aromatic N) is 3. The highest BCUT2D eigenvalue weighted by atomic mass is 16.6. The number of hydrogen-bond donors (Lipinski definition) is 2. The van der Waals surface area contributed by atoms with Crippen molar-refractivity contribution in [2.45, 2.75) is 51.7 Å². The maximum atomic E-state index is 11.9. The average Bonchev–Trinajstić information content (AvgIpc) is 2.95. The Labute approximate surface area is 141 Å². The fourth-order valence-electron chi connectivity index (χ4n) is 2.98. The van der Waals surface area contributed by atoms with Crippen LogP contribution in [0, 0.1) is 0 Å². The van der Waals surface area contributed by atoms with E-state index in [1.165, 1.54) is 0 Å². The number of H-pyrrole nitrogens is 1. The first-order chi connectivity index (χ1) is 11.4. The normalized spacial score (nSPS) is 18.6. The molecule has 24 heavy (non-hydrogen) atoms. The molecule has 1 saturated heterocycles. The van der Waals surface area contributed by atoms with Gasteiger partial charge in [-0.1, -0.05) is 0 Å². The molecule has 1 aliphatic heterocycles. The Morgan fingerprint density at radius 2 is 2.29 bits per heavy atom. The van der Waals surface area contributed by atoms with Gasteiger partial charge in [0.25, 0.3) is 0 Å². The number of nitrogens with one attached hydrogen (secondary N) is 2. The predicted octanol–water partition coefficient (Wildman–Crippen LogP) is 2.84. The van der Waals surface area contributed by atoms with E-state index in [2.05, 4.69) is 25.2 Å². The number of carbonyl (C=O) groups excluding carboxylic acids is 1. The van der Waals surface area contributed by atoms with E-state index in [1.807, 2.05) is 32.9 Å². The van der Waals surface area contributed by atoms with Crippen LogP contribution in [0.15, 0.2) is 18.3 Å². The van der Waals surface area contributed by atoms with Crippen LogP contribution in [0.25, 0.3) is 11.2 Å². The number of pyridine rings is 1. The summed E-state index contributed by atoms with van der Waals surface area (Å²) in [6.45, 7) is 7.04. The molecule has 1 fully saturated rings. The van der Waals surface area contributed by atoms with E-state index >= 15 is 0 Å². The van der Waals surface area contributed by atoms with Crippen LogP contribution in [0.3, 0.4) is 0 Å². The summed E-state index contributed by atoms with van der Waals surface area (Å²) >= 11 is 0. The highest BCUT2D eigenvalue weighted by Gasteiger charge is 2.26. The van der Waals surface area contributed by atoms with Gasteiger partial charge in [0.2, 0.25) is 5.95 Å². The minimum Gasteiger partial charge on any atom is -0.444 e. The molecular weight excluding hydrogens is 306 g/mol. The highest BCUT2D eigenvalue weighted by Crippen LogP contribution is 2.24. The monoisotopic (exact) mass is 331 g/mol. The molecule has 7 nitrogen and oxygen atoms in total. The van der Waals surface area contributed by atoms with Crippen LogP contribution in [-0.4, -0.2) is 45.8 Å². The van der Waals surface area contributed by atoms with Gasteiger partial charge in [0, 0.05) is 25.3 Å². The molecule has 1 amide bonds. The van der Waals surface area contributed by atoms with Crippen LogP contribution in [0.1, 0.15) is 40.0 Å². The zero-order chi connectivity index (χ0) is 17.2. The van der Waals surface area contributed by atoms with E-state index in [4.69, 9.17) is 4.74 Å². The van der Waals surface area contributed by atoms with E-state index in [9.17, 15) is 4.79 Å². The number of alkyl carbamates (subject to hydrolysis) is 1. The van der Waals surface area contributed by atoms with E-state index in [1.54, 1.807) is 6.20 Å². The zero-order valence-electron chi connectivity index (χ0n) is 14.5. The standard InChI is InChI=1S/C17H25N5O2/c1-17(2,3)24-16(23)19-11-12-7-4-5-10-22(12)15-20-13-8-6-9-18-14(13)21-15/h6,8-9,12H,4-5,7,10-11H2,1-3H3,(H,19,23)(H,18,20,21)/t12-/m1/s1. The number of aromatic nitrogens is 3. The molecule has 1 atom stereocenters. The summed E-state index contributed by atoms with van der Waals surface area (Å²) in [6.07, 6.45) is 4.65. The quantitative estimate of drug-likeness (QED) is 0.903. The third-order valence-electron chi connectivity index (χ3n) is 4.03. The van der Waals surface area contributed by atoms with E-state index in [-0.39, 0.29) is 12.1 Å². The first-order valence-corrected chi connectivity index (χ1v) is 8.46. The first kappa shape index (κ1) is 16.5. The second-order valence-corrected chi connectivity index (χ2v) is 7.16. The largest absolute Gasteiger partial charge is 0.444 e. The van der Waals surface area contributed by atoms with Gasteiger partial charge in [-0.25, -0.2) is 9.78 Å². The maximum absolute atomic E-state index is 11.9. The molecule has 0 radical (unpaired) electrons. The molecule has 0 unspecified atom stereocenters. The van der Waals surface area contributed by atoms with Crippen molar-refractivity contribution in [1.29, 1.82) is 0 Å². The number of anilines is 1. The van der Waals surface area contributed by atoms with Gasteiger partial charge in [-0.2, -0.15) is 4.98 Å². The van der Waals surface area contributed by atoms with Crippen molar-refractivity contribution in [1.82, 2.24) is 20.3 Å². The Hall–Kier alpha value is -2.31. The number of ether oxygens (including phenoxy) is 1. The Morgan fingerprint density at radius 1 is 1.46 bits per heavy atom. The fraction of sp³-hybridized carbons (Fsp3) is 0.588. The lowest BCUT2D eigenvalue weighted by atomic mass is 10.0. The van der Waals surface area contributed by atoms with Crippen molar-refractivity contribution in [2.24, 2.45) is 0 Å². The minimum absolute atomic E-state index is 0.201. The molecule has 0 spiro atoms. The van der Waals surface area contributed by atoms with Crippen molar-refractivity contribution in [3.05, 3.63) is 18.3 Å². The second kappa shape index (κ2) is 6.67. The van der Waals surface area contributed by atoms with Crippen LogP contribution in [0.2, 0.25) is 0 Å². The molecule has 2 aromatic heterocycles. The lowest BCUT2D eigenvalue weighted by Crippen LogP contribution is -2.48. The Kier molecular flexibility index (Phi) is 4.59. The van der Waals surface area contributed by atoms with Crippen LogP contribution in [0.5, 0.6) is 0 Å². The SMILES string of the molecule is CC(C)(C)OC(=O)NC[C@H]1CCCCN1c1nc2ncccc2[nH]1. The summed E-state index contributed by atoms with van der Waals surface area (Å²) in [5.41, 5.74) is 1.16. The summed E-state index contributed by atoms with van der Waals surface area (Å²) in [6, 6.07) is 4.06. The van der Waals surface area contributed by atoms with E-state index in [0.29, 0.717) is 6.54 Å². The average molecular weight is 331 g/mol. The number of piperidine rings is 1. The summed E-state index contributed by atoms with van der Waals surface area (Å²) in [7, 11) is 0. The first-order valence-electron chi connectivity index (χ1n) is 8.46. The van der Waals surface area contributed by atoms with Crippen molar-refractivity contribution in [2.75, 3.05) is 18.0 Å². The molecule has 0 aliphatic carbocycles. The smallest absolute Gasteiger partial charge is 0.407 e. The lowest BCUT2D eigenvalue weighted by Gasteiger charge is -2.35. The molecule has 2 aromatic rings. The number of imidazole rings is 1. The predicted molar refractivity (Wildman–Crippen MR) is 93.1 cm³/mol. The molecule has 0 bridgehead atoms. The lowest BCUT2D eigenvalue weighted by molar-refractivity contribution is 0.0522. The number of carbonyl (C=O) groups is 1. The summed E-state index contributed by atoms with van der Waals surface area (Å²) in [4.78, 5) is 26.3. The minimum atomic E-state index is -0.485. The van der Waals surface area contributed by atoms with E-state index < -0.39 is 5.60 Å². The number of fused-ring (bicyclic) bond motifs is 1. The van der Waals surface area contributed by atoms with Crippen LogP contribution < -0.4 is 10.2 Å². The third-order valence-corrected chi connectivity index (χ3v) is 4.03. The number of rotatable bonds is 3. The maximum Gasteiger partial charge on any atom is 0.407 e. The third kappa shape index (κ3) is 3.96. The highest BCUT2D eigenvalue weighted by molar-refractivity contribution is 5.73. The fourth-order valence-corrected chi connectivity index (χ4v) is 2.98. The van der Waals surface area contributed by atoms with Gasteiger partial charge >= 0.3 is 6.09 Å². The van der Waals surface area contributed by atoms with Gasteiger partial charge < -0.3 is 19.9 Å². The number of amides is 1. The van der Waals surface area contributed by atoms with Gasteiger partial charge in [0.1, 0.15) is 5.60 Å². The molecule has 7 heteroatoms. The Balaban J connectivity index is 1.68. The Bertz CT molecular complexity index is 673. The zero-order valence-corrected chi connectivity index (χ0v) is 14.5. The van der Waals surface area contributed by atoms with Crippen LogP contribution in [0.4, 0.5) is 10.7 Å². The molecule has 3 heterocycles. The topological polar surface area (TPSA) is 83.1 Å². The molecule has 130 valence electrons. The van der Waals surface area contributed by atoms with Gasteiger partial charge in [0.15, 0.2) is 5.65 Å². The summed E-state index contributed by atoms with van der Waals surface area (Å²) in [5, 5.41) is 2.88. The van der Waals surface area contributed by atoms with Gasteiger partial charge in [-0.3, -0.25) is 0 Å². The molecule has 1 aliphatic rings. The molecular formula is C17H25N5O2. The van der Waals surface area contributed by atoms with Crippen molar-refractivity contribution in [3.63, 3.8) is 0 Å². The second-order valence-electron chi connectivity index (χ2n) is 7.16. The van der Waals surface area contributed by atoms with E-state index in [0.717, 1.165) is 42.9 Å². The molecule has 2 N–H and O–H groups in total. The summed E-state index contributed by atoms with van der Waals surface area (Å²) in [5.74, 6) is 0.819. The van der Waals surface area contributed by atoms with Crippen LogP contribution in [-0.2, 0) is 4.74 Å². The molecule has 0 saturated carbocycles. The summed E-state index contributed by atoms with van der Waals surface area (Å²) < 4.78 is 5.32. The number of hydrogen-bond acceptors (Lipinski definition) is 5. The molecule has 0 aromatic carbocycles. The van der Waals surface area contributed by atoms with Crippen molar-refractivity contribution < 1.29 is 9.53 Å². The van der Waals surface area contributed by atoms with Gasteiger partial charge in [0.05, 0.1) is 5.52 Å². The Morgan fingerprint density at radius 3 is 3.04 bits per heavy atom. The van der Waals surface area contributed by atoms with Gasteiger partial charge in [-0.15, -0.1) is 0 Å².